The van der Waals surface area contributed by atoms with Gasteiger partial charge in [0, 0.05) is 34.0 Å². The van der Waals surface area contributed by atoms with E-state index < -0.39 is 10.8 Å². The fourth-order valence-electron chi connectivity index (χ4n) is 5.01. The number of benzene rings is 2. The van der Waals surface area contributed by atoms with E-state index in [0.29, 0.717) is 30.0 Å². The molecule has 3 heterocycles. The third kappa shape index (κ3) is 3.35. The minimum Gasteiger partial charge on any atom is -0.493 e. The van der Waals surface area contributed by atoms with Crippen molar-refractivity contribution in [3.8, 4) is 11.5 Å². The van der Waals surface area contributed by atoms with Crippen molar-refractivity contribution in [2.75, 3.05) is 20.8 Å². The molecule has 2 atom stereocenters. The number of para-hydroxylation sites is 1. The summed E-state index contributed by atoms with van der Waals surface area (Å²) in [6, 6.07) is 11.2. The number of thioether (sulfide) groups is 1. The maximum absolute atomic E-state index is 13.5. The van der Waals surface area contributed by atoms with Crippen LogP contribution in [0.15, 0.2) is 42.6 Å². The molecule has 2 aliphatic heterocycles. The van der Waals surface area contributed by atoms with E-state index in [1.807, 2.05) is 50.4 Å². The Labute approximate surface area is 196 Å². The van der Waals surface area contributed by atoms with Gasteiger partial charge in [0.15, 0.2) is 11.5 Å². The molecule has 8 heteroatoms. The maximum Gasteiger partial charge on any atom is 0.260 e. The summed E-state index contributed by atoms with van der Waals surface area (Å²) < 4.78 is 10.5. The van der Waals surface area contributed by atoms with Crippen LogP contribution in [0.2, 0.25) is 0 Å². The third-order valence-corrected chi connectivity index (χ3v) is 8.05. The molecule has 7 nitrogen and oxygen atoms in total. The monoisotopic (exact) mass is 465 g/mol. The summed E-state index contributed by atoms with van der Waals surface area (Å²) in [4.78, 5) is 31.9. The standard InChI is InChI=1S/C25H27N3O4S/c1-25(2)21(22(29)26-12-11-14-13-27-17-8-6-5-7-15(14)17)28-23(30)19-16(24(28)33-25)9-10-18(31-3)20(19)32-4/h5-10,13,21,24,27H,11-12H2,1-4H3,(H,26,29)/t21-,24-/m1/s1. The molecule has 0 unspecified atom stereocenters. The summed E-state index contributed by atoms with van der Waals surface area (Å²) in [5.41, 5.74) is 3.59. The zero-order chi connectivity index (χ0) is 23.3. The van der Waals surface area contributed by atoms with E-state index in [-0.39, 0.29) is 17.2 Å². The highest BCUT2D eigenvalue weighted by Gasteiger charge is 2.58. The van der Waals surface area contributed by atoms with Crippen LogP contribution in [0.3, 0.4) is 0 Å². The van der Waals surface area contributed by atoms with Gasteiger partial charge in [0.1, 0.15) is 11.4 Å². The highest BCUT2D eigenvalue weighted by molar-refractivity contribution is 8.01. The van der Waals surface area contributed by atoms with E-state index in [2.05, 4.69) is 16.4 Å². The average Bonchev–Trinajstić information content (AvgIpc) is 3.42. The molecule has 2 N–H and O–H groups in total. The smallest absolute Gasteiger partial charge is 0.260 e. The fourth-order valence-corrected chi connectivity index (χ4v) is 6.59. The van der Waals surface area contributed by atoms with Crippen LogP contribution in [0.4, 0.5) is 0 Å². The van der Waals surface area contributed by atoms with Crippen LogP contribution in [0.5, 0.6) is 11.5 Å². The van der Waals surface area contributed by atoms with E-state index in [4.69, 9.17) is 9.47 Å². The second-order valence-electron chi connectivity index (χ2n) is 8.85. The van der Waals surface area contributed by atoms with Gasteiger partial charge in [-0.25, -0.2) is 0 Å². The molecule has 1 aromatic heterocycles. The molecule has 33 heavy (non-hydrogen) atoms. The largest absolute Gasteiger partial charge is 0.493 e. The molecule has 1 fully saturated rings. The molecule has 0 bridgehead atoms. The summed E-state index contributed by atoms with van der Waals surface area (Å²) in [6.07, 6.45) is 2.70. The van der Waals surface area contributed by atoms with Gasteiger partial charge in [-0.15, -0.1) is 11.8 Å². The molecule has 1 saturated heterocycles. The van der Waals surface area contributed by atoms with Crippen molar-refractivity contribution in [1.82, 2.24) is 15.2 Å². The lowest BCUT2D eigenvalue weighted by Crippen LogP contribution is -2.52. The first-order valence-electron chi connectivity index (χ1n) is 11.0. The number of nitrogens with one attached hydrogen (secondary N) is 2. The molecule has 2 aromatic carbocycles. The Bertz CT molecular complexity index is 1250. The summed E-state index contributed by atoms with van der Waals surface area (Å²) in [5, 5.41) is 4.01. The number of hydrogen-bond donors (Lipinski definition) is 2. The third-order valence-electron chi connectivity index (χ3n) is 6.51. The van der Waals surface area contributed by atoms with Gasteiger partial charge in [0.25, 0.3) is 5.91 Å². The molecule has 172 valence electrons. The molecule has 0 spiro atoms. The normalized spacial score (nSPS) is 20.6. The van der Waals surface area contributed by atoms with Crippen LogP contribution in [-0.2, 0) is 11.2 Å². The van der Waals surface area contributed by atoms with Crippen LogP contribution >= 0.6 is 11.8 Å². The summed E-state index contributed by atoms with van der Waals surface area (Å²) >= 11 is 1.63. The Hall–Kier alpha value is -3.13. The van der Waals surface area contributed by atoms with E-state index in [9.17, 15) is 9.59 Å². The second-order valence-corrected chi connectivity index (χ2v) is 10.6. The Morgan fingerprint density at radius 1 is 1.18 bits per heavy atom. The second kappa shape index (κ2) is 8.02. The lowest BCUT2D eigenvalue weighted by Gasteiger charge is -2.29. The van der Waals surface area contributed by atoms with Gasteiger partial charge in [-0.05, 0) is 38.0 Å². The lowest BCUT2D eigenvalue weighted by molar-refractivity contribution is -0.126. The van der Waals surface area contributed by atoms with E-state index >= 15 is 0 Å². The minimum absolute atomic E-state index is 0.137. The fraction of sp³-hybridized carbons (Fsp3) is 0.360. The van der Waals surface area contributed by atoms with Gasteiger partial charge < -0.3 is 24.7 Å². The van der Waals surface area contributed by atoms with Crippen molar-refractivity contribution < 1.29 is 19.1 Å². The zero-order valence-corrected chi connectivity index (χ0v) is 19.9. The molecular formula is C25H27N3O4S. The molecule has 2 amide bonds. The number of hydrogen-bond acceptors (Lipinski definition) is 5. The van der Waals surface area contributed by atoms with E-state index in [1.54, 1.807) is 23.8 Å². The summed E-state index contributed by atoms with van der Waals surface area (Å²) in [7, 11) is 3.08. The minimum atomic E-state index is -0.592. The molecular weight excluding hydrogens is 438 g/mol. The zero-order valence-electron chi connectivity index (χ0n) is 19.1. The lowest BCUT2D eigenvalue weighted by atomic mass is 10.0. The quantitative estimate of drug-likeness (QED) is 0.577. The van der Waals surface area contributed by atoms with Gasteiger partial charge in [-0.1, -0.05) is 24.3 Å². The van der Waals surface area contributed by atoms with Crippen molar-refractivity contribution in [3.05, 3.63) is 59.3 Å². The Kier molecular flexibility index (Phi) is 5.28. The molecule has 0 saturated carbocycles. The Morgan fingerprint density at radius 3 is 2.73 bits per heavy atom. The number of methoxy groups -OCH3 is 2. The molecule has 3 aromatic rings. The van der Waals surface area contributed by atoms with E-state index in [1.165, 1.54) is 7.11 Å². The number of nitrogens with zero attached hydrogens (tertiary/aromatic N) is 1. The van der Waals surface area contributed by atoms with Gasteiger partial charge in [-0.2, -0.15) is 0 Å². The first-order valence-corrected chi connectivity index (χ1v) is 11.8. The van der Waals surface area contributed by atoms with Crippen molar-refractivity contribution in [3.63, 3.8) is 0 Å². The van der Waals surface area contributed by atoms with E-state index in [0.717, 1.165) is 22.0 Å². The highest BCUT2D eigenvalue weighted by atomic mass is 32.2. The van der Waals surface area contributed by atoms with Crippen LogP contribution in [-0.4, -0.2) is 53.3 Å². The van der Waals surface area contributed by atoms with Gasteiger partial charge in [0.2, 0.25) is 5.91 Å². The molecule has 0 radical (unpaired) electrons. The van der Waals surface area contributed by atoms with Gasteiger partial charge in [-0.3, -0.25) is 9.59 Å². The first-order chi connectivity index (χ1) is 15.9. The van der Waals surface area contributed by atoms with Crippen molar-refractivity contribution in [2.24, 2.45) is 0 Å². The number of ether oxygens (including phenoxy) is 2. The highest BCUT2D eigenvalue weighted by Crippen LogP contribution is 2.58. The molecule has 2 aliphatic rings. The molecule has 0 aliphatic carbocycles. The van der Waals surface area contributed by atoms with Crippen LogP contribution < -0.4 is 14.8 Å². The van der Waals surface area contributed by atoms with Crippen LogP contribution in [0, 0.1) is 0 Å². The number of fused-ring (bicyclic) bond motifs is 4. The van der Waals surface area contributed by atoms with Crippen molar-refractivity contribution >= 4 is 34.5 Å². The SMILES string of the molecule is COc1ccc2c(c1OC)C(=O)N1[C@@H]2SC(C)(C)[C@H]1C(=O)NCCc1c[nH]c2ccccc12. The Morgan fingerprint density at radius 2 is 1.97 bits per heavy atom. The molecule has 5 rings (SSSR count). The number of carbonyl (C=O) groups is 2. The van der Waals surface area contributed by atoms with Crippen molar-refractivity contribution in [2.45, 2.75) is 36.4 Å². The number of aromatic amines is 1. The topological polar surface area (TPSA) is 83.7 Å². The van der Waals surface area contributed by atoms with Gasteiger partial charge in [0.05, 0.1) is 19.8 Å². The Balaban J connectivity index is 1.37. The predicted octanol–water partition coefficient (Wildman–Crippen LogP) is 3.89. The average molecular weight is 466 g/mol. The number of carbonyl (C=O) groups excluding carboxylic acids is 2. The van der Waals surface area contributed by atoms with Crippen LogP contribution in [0.25, 0.3) is 10.9 Å². The number of H-pyrrole nitrogens is 1. The van der Waals surface area contributed by atoms with Crippen molar-refractivity contribution in [1.29, 1.82) is 0 Å². The van der Waals surface area contributed by atoms with Gasteiger partial charge >= 0.3 is 0 Å². The number of amides is 2. The number of rotatable bonds is 6. The summed E-state index contributed by atoms with van der Waals surface area (Å²) in [6.45, 7) is 4.54. The predicted molar refractivity (Wildman–Crippen MR) is 129 cm³/mol. The number of aromatic nitrogens is 1. The summed E-state index contributed by atoms with van der Waals surface area (Å²) in [5.74, 6) is 0.601. The van der Waals surface area contributed by atoms with Crippen LogP contribution in [0.1, 0.15) is 40.7 Å². The first kappa shape index (κ1) is 21.7. The maximum atomic E-state index is 13.5.